The monoisotopic (exact) mass is 396 g/mol. The minimum atomic E-state index is -0.359. The van der Waals surface area contributed by atoms with Crippen molar-refractivity contribution < 1.29 is 9.59 Å². The van der Waals surface area contributed by atoms with Gasteiger partial charge in [-0.25, -0.2) is 0 Å². The maximum Gasteiger partial charge on any atom is 0.257 e. The van der Waals surface area contributed by atoms with Crippen molar-refractivity contribution in [1.82, 2.24) is 9.97 Å². The van der Waals surface area contributed by atoms with Gasteiger partial charge in [0, 0.05) is 29.7 Å². The van der Waals surface area contributed by atoms with Gasteiger partial charge in [-0.2, -0.15) is 0 Å². The molecule has 148 valence electrons. The Balaban J connectivity index is 1.57. The smallest absolute Gasteiger partial charge is 0.257 e. The van der Waals surface area contributed by atoms with Crippen molar-refractivity contribution >= 4 is 34.1 Å². The number of benzene rings is 2. The Bertz CT molecular complexity index is 1240. The second-order valence-corrected chi connectivity index (χ2v) is 7.02. The molecule has 0 fully saturated rings. The standard InChI is InChI=1S/C24H20N4O2/c1-15-6-3-7-16(2)21(15)28-24(30)19-12-18(13-25-14-19)23(29)27-20-10-4-8-17-9-5-11-26-22(17)20/h3-14H,1-2H3,(H,27,29)(H,28,30). The van der Waals surface area contributed by atoms with E-state index in [-0.39, 0.29) is 17.4 Å². The van der Waals surface area contributed by atoms with Crippen LogP contribution >= 0.6 is 0 Å². The Morgan fingerprint density at radius 2 is 1.43 bits per heavy atom. The van der Waals surface area contributed by atoms with Crippen LogP contribution in [0.5, 0.6) is 0 Å². The number of hydrogen-bond acceptors (Lipinski definition) is 4. The molecule has 0 bridgehead atoms. The topological polar surface area (TPSA) is 84.0 Å². The molecule has 0 saturated carbocycles. The van der Waals surface area contributed by atoms with Crippen molar-refractivity contribution in [2.45, 2.75) is 13.8 Å². The lowest BCUT2D eigenvalue weighted by molar-refractivity contribution is 0.102. The number of para-hydroxylation sites is 2. The fourth-order valence-corrected chi connectivity index (χ4v) is 3.29. The van der Waals surface area contributed by atoms with E-state index in [9.17, 15) is 9.59 Å². The summed E-state index contributed by atoms with van der Waals surface area (Å²) in [6.07, 6.45) is 4.56. The third kappa shape index (κ3) is 3.89. The molecule has 6 nitrogen and oxygen atoms in total. The maximum atomic E-state index is 12.8. The number of anilines is 2. The highest BCUT2D eigenvalue weighted by Crippen LogP contribution is 2.22. The SMILES string of the molecule is Cc1cccc(C)c1NC(=O)c1cncc(C(=O)Nc2cccc3cccnc23)c1. The van der Waals surface area contributed by atoms with Crippen LogP contribution in [0.3, 0.4) is 0 Å². The fraction of sp³-hybridized carbons (Fsp3) is 0.0833. The summed E-state index contributed by atoms with van der Waals surface area (Å²) in [4.78, 5) is 33.9. The predicted molar refractivity (Wildman–Crippen MR) is 118 cm³/mol. The van der Waals surface area contributed by atoms with Crippen LogP contribution in [-0.2, 0) is 0 Å². The van der Waals surface area contributed by atoms with Gasteiger partial charge in [0.15, 0.2) is 0 Å². The highest BCUT2D eigenvalue weighted by Gasteiger charge is 2.14. The maximum absolute atomic E-state index is 12.8. The number of hydrogen-bond donors (Lipinski definition) is 2. The zero-order chi connectivity index (χ0) is 21.1. The Labute approximate surface area is 174 Å². The minimum Gasteiger partial charge on any atom is -0.321 e. The first-order valence-corrected chi connectivity index (χ1v) is 9.50. The molecule has 0 spiro atoms. The van der Waals surface area contributed by atoms with E-state index >= 15 is 0 Å². The Hall–Kier alpha value is -4.06. The van der Waals surface area contributed by atoms with E-state index < -0.39 is 0 Å². The zero-order valence-corrected chi connectivity index (χ0v) is 16.6. The van der Waals surface area contributed by atoms with E-state index in [0.717, 1.165) is 22.2 Å². The number of carbonyl (C=O) groups is 2. The lowest BCUT2D eigenvalue weighted by Gasteiger charge is -2.12. The van der Waals surface area contributed by atoms with Crippen LogP contribution in [0.4, 0.5) is 11.4 Å². The molecule has 6 heteroatoms. The fourth-order valence-electron chi connectivity index (χ4n) is 3.29. The summed E-state index contributed by atoms with van der Waals surface area (Å²) in [5, 5.41) is 6.70. The number of rotatable bonds is 4. The van der Waals surface area contributed by atoms with Crippen LogP contribution in [-0.4, -0.2) is 21.8 Å². The molecule has 2 aromatic heterocycles. The molecule has 2 aromatic carbocycles. The summed E-state index contributed by atoms with van der Waals surface area (Å²) in [5.41, 5.74) is 4.59. The lowest BCUT2D eigenvalue weighted by atomic mass is 10.1. The largest absolute Gasteiger partial charge is 0.321 e. The highest BCUT2D eigenvalue weighted by molar-refractivity contribution is 6.10. The van der Waals surface area contributed by atoms with E-state index in [1.54, 1.807) is 12.3 Å². The number of aromatic nitrogens is 2. The van der Waals surface area contributed by atoms with Crippen molar-refractivity contribution in [3.63, 3.8) is 0 Å². The molecule has 0 aliphatic carbocycles. The Morgan fingerprint density at radius 3 is 2.17 bits per heavy atom. The van der Waals surface area contributed by atoms with Crippen molar-refractivity contribution in [3.8, 4) is 0 Å². The molecule has 0 saturated heterocycles. The molecule has 30 heavy (non-hydrogen) atoms. The lowest BCUT2D eigenvalue weighted by Crippen LogP contribution is -2.17. The van der Waals surface area contributed by atoms with Gasteiger partial charge in [0.2, 0.25) is 0 Å². The summed E-state index contributed by atoms with van der Waals surface area (Å²) in [7, 11) is 0. The average Bonchev–Trinajstić information content (AvgIpc) is 2.76. The minimum absolute atomic E-state index is 0.289. The molecule has 0 radical (unpaired) electrons. The number of nitrogens with zero attached hydrogens (tertiary/aromatic N) is 2. The third-order valence-electron chi connectivity index (χ3n) is 4.86. The highest BCUT2D eigenvalue weighted by atomic mass is 16.2. The van der Waals surface area contributed by atoms with E-state index in [0.29, 0.717) is 16.8 Å². The van der Waals surface area contributed by atoms with Crippen LogP contribution in [0.15, 0.2) is 73.2 Å². The van der Waals surface area contributed by atoms with E-state index in [2.05, 4.69) is 20.6 Å². The van der Waals surface area contributed by atoms with Gasteiger partial charge in [0.25, 0.3) is 11.8 Å². The van der Waals surface area contributed by atoms with Gasteiger partial charge in [-0.1, -0.05) is 36.4 Å². The number of aryl methyl sites for hydroxylation is 2. The Kier molecular flexibility index (Phi) is 5.22. The van der Waals surface area contributed by atoms with Gasteiger partial charge >= 0.3 is 0 Å². The van der Waals surface area contributed by atoms with Gasteiger partial charge in [-0.05, 0) is 43.2 Å². The quantitative estimate of drug-likeness (QED) is 0.521. The molecule has 0 unspecified atom stereocenters. The van der Waals surface area contributed by atoms with E-state index in [4.69, 9.17) is 0 Å². The predicted octanol–water partition coefficient (Wildman–Crippen LogP) is 4.75. The van der Waals surface area contributed by atoms with Crippen molar-refractivity contribution in [1.29, 1.82) is 0 Å². The van der Waals surface area contributed by atoms with E-state index in [1.807, 2.05) is 56.3 Å². The first-order chi connectivity index (χ1) is 14.5. The van der Waals surface area contributed by atoms with Crippen LogP contribution in [0.1, 0.15) is 31.8 Å². The number of pyridine rings is 2. The number of amides is 2. The number of fused-ring (bicyclic) bond motifs is 1. The molecule has 0 aliphatic rings. The normalized spacial score (nSPS) is 10.6. The Morgan fingerprint density at radius 1 is 0.800 bits per heavy atom. The van der Waals surface area contributed by atoms with Gasteiger partial charge < -0.3 is 10.6 Å². The van der Waals surface area contributed by atoms with Crippen molar-refractivity contribution in [2.75, 3.05) is 10.6 Å². The first kappa shape index (κ1) is 19.3. The van der Waals surface area contributed by atoms with Crippen LogP contribution < -0.4 is 10.6 Å². The average molecular weight is 396 g/mol. The molecule has 2 N–H and O–H groups in total. The molecule has 0 aliphatic heterocycles. The molecule has 2 amide bonds. The summed E-state index contributed by atoms with van der Waals surface area (Å²) >= 11 is 0. The summed E-state index contributed by atoms with van der Waals surface area (Å²) in [6.45, 7) is 3.87. The van der Waals surface area contributed by atoms with Gasteiger partial charge in [-0.15, -0.1) is 0 Å². The second kappa shape index (κ2) is 8.13. The zero-order valence-electron chi connectivity index (χ0n) is 16.6. The summed E-state index contributed by atoms with van der Waals surface area (Å²) in [5.74, 6) is -0.677. The molecule has 4 rings (SSSR count). The third-order valence-corrected chi connectivity index (χ3v) is 4.86. The molecule has 2 heterocycles. The first-order valence-electron chi connectivity index (χ1n) is 9.50. The number of carbonyl (C=O) groups excluding carboxylic acids is 2. The van der Waals surface area contributed by atoms with Gasteiger partial charge in [0.05, 0.1) is 22.3 Å². The van der Waals surface area contributed by atoms with Crippen molar-refractivity contribution in [3.05, 3.63) is 95.4 Å². The van der Waals surface area contributed by atoms with Crippen LogP contribution in [0.2, 0.25) is 0 Å². The molecular formula is C24H20N4O2. The number of nitrogens with one attached hydrogen (secondary N) is 2. The molecule has 0 atom stereocenters. The molecular weight excluding hydrogens is 376 g/mol. The second-order valence-electron chi connectivity index (χ2n) is 7.02. The summed E-state index contributed by atoms with van der Waals surface area (Å²) < 4.78 is 0. The molecule has 4 aromatic rings. The van der Waals surface area contributed by atoms with Crippen LogP contribution in [0, 0.1) is 13.8 Å². The van der Waals surface area contributed by atoms with Gasteiger partial charge in [0.1, 0.15) is 0 Å². The van der Waals surface area contributed by atoms with Crippen LogP contribution in [0.25, 0.3) is 10.9 Å². The van der Waals surface area contributed by atoms with Crippen molar-refractivity contribution in [2.24, 2.45) is 0 Å². The van der Waals surface area contributed by atoms with Gasteiger partial charge in [-0.3, -0.25) is 19.6 Å². The summed E-state index contributed by atoms with van der Waals surface area (Å²) in [6, 6.07) is 16.7. The van der Waals surface area contributed by atoms with E-state index in [1.165, 1.54) is 18.5 Å².